The molecule has 150 valence electrons. The fraction of sp³-hybridized carbons (Fsp3) is 0.565. The third kappa shape index (κ3) is 3.48. The van der Waals surface area contributed by atoms with Gasteiger partial charge in [0.2, 0.25) is 0 Å². The zero-order valence-electron chi connectivity index (χ0n) is 17.4. The number of nitrogens with zero attached hydrogens (tertiary/aromatic N) is 2. The second kappa shape index (κ2) is 8.08. The molecule has 5 nitrogen and oxygen atoms in total. The third-order valence-corrected chi connectivity index (χ3v) is 6.29. The van der Waals surface area contributed by atoms with Crippen molar-refractivity contribution < 1.29 is 4.79 Å². The van der Waals surface area contributed by atoms with Gasteiger partial charge in [-0.25, -0.2) is 4.98 Å². The minimum atomic E-state index is 0.140. The van der Waals surface area contributed by atoms with Crippen molar-refractivity contribution >= 4 is 5.91 Å². The number of carbonyl (C=O) groups excluding carboxylic acids is 1. The summed E-state index contributed by atoms with van der Waals surface area (Å²) in [6.07, 6.45) is 5.70. The Morgan fingerprint density at radius 2 is 2.11 bits per heavy atom. The van der Waals surface area contributed by atoms with Crippen LogP contribution in [0.1, 0.15) is 78.3 Å². The molecule has 1 amide bonds. The number of aromatic nitrogens is 2. The van der Waals surface area contributed by atoms with E-state index in [1.165, 1.54) is 36.2 Å². The van der Waals surface area contributed by atoms with Gasteiger partial charge in [0.25, 0.3) is 5.91 Å². The fourth-order valence-electron chi connectivity index (χ4n) is 4.41. The van der Waals surface area contributed by atoms with Crippen LogP contribution in [0.25, 0.3) is 11.4 Å². The van der Waals surface area contributed by atoms with E-state index >= 15 is 0 Å². The summed E-state index contributed by atoms with van der Waals surface area (Å²) in [5, 5.41) is 3.41. The summed E-state index contributed by atoms with van der Waals surface area (Å²) in [4.78, 5) is 23.6. The summed E-state index contributed by atoms with van der Waals surface area (Å²) >= 11 is 0. The van der Waals surface area contributed by atoms with Crippen molar-refractivity contribution in [3.8, 4) is 11.4 Å². The number of fused-ring (bicyclic) bond motifs is 1. The number of hydrogen-bond acceptors (Lipinski definition) is 3. The molecule has 2 aliphatic rings. The van der Waals surface area contributed by atoms with E-state index in [9.17, 15) is 4.79 Å². The largest absolute Gasteiger partial charge is 0.341 e. The lowest BCUT2D eigenvalue weighted by molar-refractivity contribution is 0.0763. The van der Waals surface area contributed by atoms with Gasteiger partial charge in [-0.3, -0.25) is 4.79 Å². The minimum Gasteiger partial charge on any atom is -0.341 e. The van der Waals surface area contributed by atoms with Crippen molar-refractivity contribution in [1.29, 1.82) is 0 Å². The van der Waals surface area contributed by atoms with Crippen LogP contribution in [0.15, 0.2) is 12.1 Å². The highest BCUT2D eigenvalue weighted by atomic mass is 16.2. The summed E-state index contributed by atoms with van der Waals surface area (Å²) < 4.78 is 0. The summed E-state index contributed by atoms with van der Waals surface area (Å²) in [7, 11) is 0. The van der Waals surface area contributed by atoms with E-state index in [2.05, 4.69) is 43.2 Å². The second-order valence-electron chi connectivity index (χ2n) is 8.20. The number of amides is 1. The average Bonchev–Trinajstić information content (AvgIpc) is 3.08. The normalized spacial score (nSPS) is 16.5. The van der Waals surface area contributed by atoms with E-state index < -0.39 is 0 Å². The summed E-state index contributed by atoms with van der Waals surface area (Å²) in [5.41, 5.74) is 6.75. The Hall–Kier alpha value is -2.14. The molecule has 2 heterocycles. The van der Waals surface area contributed by atoms with Crippen LogP contribution in [0.5, 0.6) is 0 Å². The lowest BCUT2D eigenvalue weighted by Gasteiger charge is -2.29. The van der Waals surface area contributed by atoms with Gasteiger partial charge in [0.05, 0.1) is 11.4 Å². The molecule has 1 saturated carbocycles. The Balaban J connectivity index is 1.78. The molecule has 0 radical (unpaired) electrons. The molecule has 28 heavy (non-hydrogen) atoms. The van der Waals surface area contributed by atoms with Crippen LogP contribution < -0.4 is 5.32 Å². The third-order valence-electron chi connectivity index (χ3n) is 6.29. The van der Waals surface area contributed by atoms with Crippen molar-refractivity contribution in [3.05, 3.63) is 40.2 Å². The van der Waals surface area contributed by atoms with Gasteiger partial charge >= 0.3 is 0 Å². The Bertz CT molecular complexity index is 842. The van der Waals surface area contributed by atoms with Crippen molar-refractivity contribution in [1.82, 2.24) is 20.2 Å². The number of carbonyl (C=O) groups is 1. The predicted molar refractivity (Wildman–Crippen MR) is 113 cm³/mol. The van der Waals surface area contributed by atoms with Crippen LogP contribution in [0.3, 0.4) is 0 Å². The van der Waals surface area contributed by atoms with Crippen molar-refractivity contribution in [3.63, 3.8) is 0 Å². The smallest absolute Gasteiger partial charge is 0.254 e. The van der Waals surface area contributed by atoms with Crippen molar-refractivity contribution in [2.45, 2.75) is 65.3 Å². The Kier molecular flexibility index (Phi) is 5.54. The Labute approximate surface area is 167 Å². The van der Waals surface area contributed by atoms with Gasteiger partial charge in [-0.05, 0) is 56.2 Å². The van der Waals surface area contributed by atoms with Gasteiger partial charge < -0.3 is 15.2 Å². The van der Waals surface area contributed by atoms with E-state index in [-0.39, 0.29) is 5.91 Å². The highest BCUT2D eigenvalue weighted by Gasteiger charge is 2.27. The van der Waals surface area contributed by atoms with E-state index in [1.807, 2.05) is 4.90 Å². The molecule has 1 aliphatic heterocycles. The number of H-pyrrole nitrogens is 1. The number of rotatable bonds is 6. The van der Waals surface area contributed by atoms with E-state index in [4.69, 9.17) is 4.98 Å². The summed E-state index contributed by atoms with van der Waals surface area (Å²) in [6.45, 7) is 9.62. The van der Waals surface area contributed by atoms with Crippen LogP contribution in [0, 0.1) is 6.92 Å². The molecule has 5 heteroatoms. The van der Waals surface area contributed by atoms with E-state index in [1.54, 1.807) is 0 Å². The summed E-state index contributed by atoms with van der Waals surface area (Å²) in [6, 6.07) is 4.37. The number of hydrogen-bond donors (Lipinski definition) is 2. The zero-order chi connectivity index (χ0) is 19.7. The first-order chi connectivity index (χ1) is 13.6. The maximum atomic E-state index is 13.2. The van der Waals surface area contributed by atoms with Gasteiger partial charge in [0, 0.05) is 43.7 Å². The molecule has 1 aromatic carbocycles. The molecule has 1 aromatic heterocycles. The van der Waals surface area contributed by atoms with Crippen LogP contribution >= 0.6 is 0 Å². The first kappa shape index (κ1) is 19.2. The van der Waals surface area contributed by atoms with E-state index in [0.29, 0.717) is 5.92 Å². The standard InChI is InChI=1S/C23H32N4O/c1-4-11-27(5-2)23(28)17-13-19(18(12-15(17)3)16-7-6-8-16)22-25-20-9-10-24-14-21(20)26-22/h12-13,16,24H,4-11,14H2,1-3H3,(H,25,26). The maximum absolute atomic E-state index is 13.2. The van der Waals surface area contributed by atoms with Crippen LogP contribution in [-0.2, 0) is 13.0 Å². The molecule has 1 aliphatic carbocycles. The number of benzene rings is 1. The lowest BCUT2D eigenvalue weighted by atomic mass is 9.77. The molecular formula is C23H32N4O. The van der Waals surface area contributed by atoms with E-state index in [0.717, 1.165) is 61.5 Å². The molecule has 0 saturated heterocycles. The summed E-state index contributed by atoms with van der Waals surface area (Å²) in [5.74, 6) is 1.67. The van der Waals surface area contributed by atoms with Gasteiger partial charge in [0.15, 0.2) is 0 Å². The minimum absolute atomic E-state index is 0.140. The molecule has 2 N–H and O–H groups in total. The first-order valence-electron chi connectivity index (χ1n) is 10.8. The molecule has 4 rings (SSSR count). The molecule has 0 unspecified atom stereocenters. The van der Waals surface area contributed by atoms with Crippen LogP contribution in [-0.4, -0.2) is 40.4 Å². The van der Waals surface area contributed by atoms with Crippen molar-refractivity contribution in [2.24, 2.45) is 0 Å². The highest BCUT2D eigenvalue weighted by Crippen LogP contribution is 2.42. The Morgan fingerprint density at radius 1 is 1.29 bits per heavy atom. The van der Waals surface area contributed by atoms with Gasteiger partial charge in [-0.1, -0.05) is 19.4 Å². The molecule has 2 aromatic rings. The molecule has 0 atom stereocenters. The van der Waals surface area contributed by atoms with Crippen molar-refractivity contribution in [2.75, 3.05) is 19.6 Å². The van der Waals surface area contributed by atoms with Gasteiger partial charge in [-0.15, -0.1) is 0 Å². The van der Waals surface area contributed by atoms with Crippen LogP contribution in [0.2, 0.25) is 0 Å². The molecule has 0 bridgehead atoms. The monoisotopic (exact) mass is 380 g/mol. The SMILES string of the molecule is CCCN(CC)C(=O)c1cc(-c2nc3c([nH]2)CNCC3)c(C2CCC2)cc1C. The quantitative estimate of drug-likeness (QED) is 0.791. The zero-order valence-corrected chi connectivity index (χ0v) is 17.4. The Morgan fingerprint density at radius 3 is 2.75 bits per heavy atom. The fourth-order valence-corrected chi connectivity index (χ4v) is 4.41. The molecule has 1 fully saturated rings. The number of imidazole rings is 1. The molecular weight excluding hydrogens is 348 g/mol. The number of aromatic amines is 1. The topological polar surface area (TPSA) is 61.0 Å². The van der Waals surface area contributed by atoms with Gasteiger partial charge in [-0.2, -0.15) is 0 Å². The second-order valence-corrected chi connectivity index (χ2v) is 8.20. The van der Waals surface area contributed by atoms with Crippen LogP contribution in [0.4, 0.5) is 0 Å². The lowest BCUT2D eigenvalue weighted by Crippen LogP contribution is -2.32. The predicted octanol–water partition coefficient (Wildman–Crippen LogP) is 4.17. The number of aryl methyl sites for hydroxylation is 1. The molecule has 0 spiro atoms. The maximum Gasteiger partial charge on any atom is 0.254 e. The highest BCUT2D eigenvalue weighted by molar-refractivity contribution is 5.97. The number of nitrogens with one attached hydrogen (secondary N) is 2. The van der Waals surface area contributed by atoms with Gasteiger partial charge in [0.1, 0.15) is 5.82 Å². The first-order valence-corrected chi connectivity index (χ1v) is 10.8. The average molecular weight is 381 g/mol.